The highest BCUT2D eigenvalue weighted by atomic mass is 32.1. The molecule has 0 N–H and O–H groups in total. The average molecular weight is 331 g/mol. The van der Waals surface area contributed by atoms with E-state index in [-0.39, 0.29) is 0 Å². The highest BCUT2D eigenvalue weighted by molar-refractivity contribution is 7.09. The number of hydrogen-bond donors (Lipinski definition) is 0. The van der Waals surface area contributed by atoms with Crippen LogP contribution in [0.5, 0.6) is 11.5 Å². The van der Waals surface area contributed by atoms with Crippen LogP contribution in [-0.4, -0.2) is 39.4 Å². The van der Waals surface area contributed by atoms with Crippen LogP contribution in [0.25, 0.3) is 11.4 Å². The first kappa shape index (κ1) is 15.4. The molecule has 0 atom stereocenters. The van der Waals surface area contributed by atoms with Gasteiger partial charge in [0.25, 0.3) is 0 Å². The van der Waals surface area contributed by atoms with Crippen molar-refractivity contribution in [2.45, 2.75) is 19.9 Å². The summed E-state index contributed by atoms with van der Waals surface area (Å²) in [7, 11) is 3.20. The van der Waals surface area contributed by atoms with E-state index in [1.165, 1.54) is 0 Å². The number of tetrazole rings is 1. The van der Waals surface area contributed by atoms with Gasteiger partial charge in [-0.25, -0.2) is 4.98 Å². The lowest BCUT2D eigenvalue weighted by Gasteiger charge is -2.07. The number of thiazole rings is 1. The number of nitrogens with zero attached hydrogens (tertiary/aromatic N) is 5. The van der Waals surface area contributed by atoms with Crippen molar-refractivity contribution in [3.05, 3.63) is 34.3 Å². The molecule has 0 aliphatic rings. The Morgan fingerprint density at radius 2 is 2.00 bits per heavy atom. The van der Waals surface area contributed by atoms with E-state index < -0.39 is 0 Å². The molecule has 0 fully saturated rings. The van der Waals surface area contributed by atoms with Crippen molar-refractivity contribution < 1.29 is 9.47 Å². The van der Waals surface area contributed by atoms with E-state index in [2.05, 4.69) is 25.8 Å². The number of ether oxygens (including phenoxy) is 2. The Hall–Kier alpha value is -2.48. The third kappa shape index (κ3) is 3.48. The highest BCUT2D eigenvalue weighted by Crippen LogP contribution is 2.30. The quantitative estimate of drug-likeness (QED) is 0.690. The number of methoxy groups -OCH3 is 2. The Kier molecular flexibility index (Phi) is 4.52. The number of aromatic nitrogens is 5. The van der Waals surface area contributed by atoms with Gasteiger partial charge in [-0.3, -0.25) is 0 Å². The molecule has 3 aromatic rings. The van der Waals surface area contributed by atoms with Gasteiger partial charge in [-0.2, -0.15) is 4.80 Å². The second-order valence-electron chi connectivity index (χ2n) is 4.89. The Morgan fingerprint density at radius 1 is 1.17 bits per heavy atom. The predicted octanol–water partition coefficient (Wildman–Crippen LogP) is 2.36. The molecular formula is C15H17N5O2S. The summed E-state index contributed by atoms with van der Waals surface area (Å²) < 4.78 is 10.5. The fourth-order valence-electron chi connectivity index (χ4n) is 2.17. The fourth-order valence-corrected chi connectivity index (χ4v) is 2.81. The first-order valence-corrected chi connectivity index (χ1v) is 7.99. The largest absolute Gasteiger partial charge is 0.493 e. The van der Waals surface area contributed by atoms with E-state index in [1.807, 2.05) is 25.1 Å². The summed E-state index contributed by atoms with van der Waals surface area (Å²) >= 11 is 1.65. The van der Waals surface area contributed by atoms with Crippen LogP contribution >= 0.6 is 11.3 Å². The molecule has 120 valence electrons. The van der Waals surface area contributed by atoms with Gasteiger partial charge in [-0.1, -0.05) is 0 Å². The molecule has 0 bridgehead atoms. The Balaban J connectivity index is 1.73. The maximum atomic E-state index is 5.30. The van der Waals surface area contributed by atoms with Crippen LogP contribution in [0.15, 0.2) is 23.6 Å². The molecule has 0 saturated carbocycles. The molecule has 8 heteroatoms. The molecule has 3 rings (SSSR count). The van der Waals surface area contributed by atoms with Gasteiger partial charge in [0.05, 0.1) is 31.5 Å². The number of rotatable bonds is 6. The second kappa shape index (κ2) is 6.74. The van der Waals surface area contributed by atoms with E-state index in [1.54, 1.807) is 30.4 Å². The Labute approximate surface area is 137 Å². The molecule has 2 aromatic heterocycles. The molecule has 7 nitrogen and oxygen atoms in total. The summed E-state index contributed by atoms with van der Waals surface area (Å²) in [5, 5.41) is 15.7. The van der Waals surface area contributed by atoms with E-state index >= 15 is 0 Å². The average Bonchev–Trinajstić information content (AvgIpc) is 3.21. The number of benzene rings is 1. The third-order valence-electron chi connectivity index (χ3n) is 3.33. The van der Waals surface area contributed by atoms with E-state index in [4.69, 9.17) is 9.47 Å². The van der Waals surface area contributed by atoms with Crippen LogP contribution in [0.3, 0.4) is 0 Å². The molecule has 1 aromatic carbocycles. The Bertz CT molecular complexity index is 799. The molecule has 0 spiro atoms. The van der Waals surface area contributed by atoms with Crippen molar-refractivity contribution in [1.29, 1.82) is 0 Å². The summed E-state index contributed by atoms with van der Waals surface area (Å²) in [6, 6.07) is 5.55. The molecule has 0 saturated heterocycles. The number of hydrogen-bond acceptors (Lipinski definition) is 7. The Morgan fingerprint density at radius 3 is 2.70 bits per heavy atom. The van der Waals surface area contributed by atoms with Gasteiger partial charge in [0.1, 0.15) is 0 Å². The van der Waals surface area contributed by atoms with Crippen molar-refractivity contribution >= 4 is 11.3 Å². The highest BCUT2D eigenvalue weighted by Gasteiger charge is 2.11. The van der Waals surface area contributed by atoms with Crippen molar-refractivity contribution in [2.24, 2.45) is 0 Å². The van der Waals surface area contributed by atoms with Gasteiger partial charge in [-0.15, -0.1) is 21.5 Å². The summed E-state index contributed by atoms with van der Waals surface area (Å²) in [4.78, 5) is 6.02. The minimum atomic E-state index is 0.556. The zero-order valence-electron chi connectivity index (χ0n) is 13.2. The van der Waals surface area contributed by atoms with E-state index in [0.717, 1.165) is 22.7 Å². The fraction of sp³-hybridized carbons (Fsp3) is 0.333. The standard InChI is InChI=1S/C15H17N5O2S/c1-10-16-12(9-23-10)6-7-20-18-15(17-19-20)11-4-5-13(21-2)14(8-11)22-3/h4-5,8-9H,6-7H2,1-3H3. The molecule has 0 radical (unpaired) electrons. The molecule has 23 heavy (non-hydrogen) atoms. The minimum absolute atomic E-state index is 0.556. The van der Waals surface area contributed by atoms with Crippen LogP contribution in [0.1, 0.15) is 10.7 Å². The summed E-state index contributed by atoms with van der Waals surface area (Å²) in [5.41, 5.74) is 1.89. The normalized spacial score (nSPS) is 10.7. The second-order valence-corrected chi connectivity index (χ2v) is 5.95. The summed E-state index contributed by atoms with van der Waals surface area (Å²) in [6.07, 6.45) is 0.784. The zero-order valence-corrected chi connectivity index (χ0v) is 14.0. The number of aryl methyl sites for hydroxylation is 3. The van der Waals surface area contributed by atoms with Gasteiger partial charge in [0, 0.05) is 17.4 Å². The smallest absolute Gasteiger partial charge is 0.205 e. The summed E-state index contributed by atoms with van der Waals surface area (Å²) in [6.45, 7) is 2.64. The van der Waals surface area contributed by atoms with Crippen LogP contribution in [0.2, 0.25) is 0 Å². The topological polar surface area (TPSA) is 75.0 Å². The summed E-state index contributed by atoms with van der Waals surface area (Å²) in [5.74, 6) is 1.86. The first-order chi connectivity index (χ1) is 11.2. The molecule has 0 aliphatic carbocycles. The lowest BCUT2D eigenvalue weighted by molar-refractivity contribution is 0.355. The van der Waals surface area contributed by atoms with E-state index in [0.29, 0.717) is 23.9 Å². The van der Waals surface area contributed by atoms with Crippen molar-refractivity contribution in [3.8, 4) is 22.9 Å². The van der Waals surface area contributed by atoms with Crippen LogP contribution < -0.4 is 9.47 Å². The van der Waals surface area contributed by atoms with Gasteiger partial charge in [0.15, 0.2) is 11.5 Å². The SMILES string of the molecule is COc1ccc(-c2nnn(CCc3csc(C)n3)n2)cc1OC. The zero-order chi connectivity index (χ0) is 16.2. The van der Waals surface area contributed by atoms with E-state index in [9.17, 15) is 0 Å². The van der Waals surface area contributed by atoms with Crippen molar-refractivity contribution in [3.63, 3.8) is 0 Å². The van der Waals surface area contributed by atoms with Crippen LogP contribution in [0.4, 0.5) is 0 Å². The van der Waals surface area contributed by atoms with Crippen LogP contribution in [0, 0.1) is 6.92 Å². The maximum Gasteiger partial charge on any atom is 0.205 e. The minimum Gasteiger partial charge on any atom is -0.493 e. The molecule has 0 amide bonds. The maximum absolute atomic E-state index is 5.30. The predicted molar refractivity (Wildman–Crippen MR) is 86.9 cm³/mol. The molecule has 0 aliphatic heterocycles. The van der Waals surface area contributed by atoms with Gasteiger partial charge >= 0.3 is 0 Å². The van der Waals surface area contributed by atoms with Crippen molar-refractivity contribution in [1.82, 2.24) is 25.2 Å². The van der Waals surface area contributed by atoms with Crippen LogP contribution in [-0.2, 0) is 13.0 Å². The van der Waals surface area contributed by atoms with Gasteiger partial charge in [-0.05, 0) is 30.3 Å². The monoisotopic (exact) mass is 331 g/mol. The molecular weight excluding hydrogens is 314 g/mol. The molecule has 0 unspecified atom stereocenters. The van der Waals surface area contributed by atoms with Crippen molar-refractivity contribution in [2.75, 3.05) is 14.2 Å². The molecule has 2 heterocycles. The lowest BCUT2D eigenvalue weighted by Crippen LogP contribution is -2.05. The third-order valence-corrected chi connectivity index (χ3v) is 4.15. The van der Waals surface area contributed by atoms with Gasteiger partial charge in [0.2, 0.25) is 5.82 Å². The lowest BCUT2D eigenvalue weighted by atomic mass is 10.2. The van der Waals surface area contributed by atoms with Gasteiger partial charge < -0.3 is 9.47 Å². The first-order valence-electron chi connectivity index (χ1n) is 7.11.